The van der Waals surface area contributed by atoms with E-state index in [2.05, 4.69) is 20.1 Å². The first-order valence-corrected chi connectivity index (χ1v) is 7.82. The average molecular weight is 281 g/mol. The molecule has 0 aromatic carbocycles. The Morgan fingerprint density at radius 2 is 2.16 bits per heavy atom. The number of hydrogen-bond donors (Lipinski definition) is 2. The Morgan fingerprint density at radius 3 is 2.79 bits per heavy atom. The summed E-state index contributed by atoms with van der Waals surface area (Å²) in [6, 6.07) is 0.966. The quantitative estimate of drug-likeness (QED) is 0.723. The zero-order valence-corrected chi connectivity index (χ0v) is 11.7. The summed E-state index contributed by atoms with van der Waals surface area (Å²) in [4.78, 5) is 11.6. The molecule has 0 aliphatic heterocycles. The molecule has 2 fully saturated rings. The Bertz CT molecular complexity index is 467. The molecule has 0 bridgehead atoms. The highest BCUT2D eigenvalue weighted by molar-refractivity contribution is 7.99. The van der Waals surface area contributed by atoms with Crippen molar-refractivity contribution in [1.29, 1.82) is 0 Å². The van der Waals surface area contributed by atoms with Gasteiger partial charge in [-0.15, -0.1) is 10.2 Å². The molecule has 19 heavy (non-hydrogen) atoms. The molecule has 6 nitrogen and oxygen atoms in total. The van der Waals surface area contributed by atoms with E-state index in [0.29, 0.717) is 25.0 Å². The zero-order chi connectivity index (χ0) is 13.2. The Labute approximate surface area is 116 Å². The molecular weight excluding hydrogens is 262 g/mol. The highest BCUT2D eigenvalue weighted by Gasteiger charge is 2.29. The molecule has 0 atom stereocenters. The number of nitrogens with one attached hydrogen (secondary N) is 1. The number of nitrogens with two attached hydrogens (primary N) is 1. The third-order valence-electron chi connectivity index (χ3n) is 3.33. The van der Waals surface area contributed by atoms with Crippen LogP contribution in [-0.2, 0) is 11.3 Å². The van der Waals surface area contributed by atoms with Gasteiger partial charge in [-0.05, 0) is 25.7 Å². The van der Waals surface area contributed by atoms with Crippen LogP contribution in [0, 0.1) is 0 Å². The van der Waals surface area contributed by atoms with E-state index >= 15 is 0 Å². The van der Waals surface area contributed by atoms with Gasteiger partial charge in [0.2, 0.25) is 5.91 Å². The predicted molar refractivity (Wildman–Crippen MR) is 72.7 cm³/mol. The standard InChI is InChI=1S/C12H19N5OS/c13-7-10-15-16-12(17(10)9-3-4-9)19-6-5-11(18)14-8-1-2-8/h8-9H,1-7,13H2,(H,14,18). The number of thioether (sulfide) groups is 1. The molecule has 3 N–H and O–H groups in total. The van der Waals surface area contributed by atoms with Gasteiger partial charge < -0.3 is 15.6 Å². The summed E-state index contributed by atoms with van der Waals surface area (Å²) in [5, 5.41) is 12.2. The van der Waals surface area contributed by atoms with Gasteiger partial charge in [-0.1, -0.05) is 11.8 Å². The van der Waals surface area contributed by atoms with Crippen molar-refractivity contribution in [2.75, 3.05) is 5.75 Å². The first-order chi connectivity index (χ1) is 9.28. The zero-order valence-electron chi connectivity index (χ0n) is 10.8. The van der Waals surface area contributed by atoms with Crippen LogP contribution in [0.4, 0.5) is 0 Å². The summed E-state index contributed by atoms with van der Waals surface area (Å²) in [5.74, 6) is 1.74. The van der Waals surface area contributed by atoms with Crippen LogP contribution >= 0.6 is 11.8 Å². The van der Waals surface area contributed by atoms with Gasteiger partial charge >= 0.3 is 0 Å². The molecule has 0 unspecified atom stereocenters. The Hall–Kier alpha value is -1.08. The predicted octanol–water partition coefficient (Wildman–Crippen LogP) is 0.832. The van der Waals surface area contributed by atoms with Crippen LogP contribution in [0.25, 0.3) is 0 Å². The first kappa shape index (κ1) is 12.9. The molecule has 0 saturated heterocycles. The van der Waals surface area contributed by atoms with E-state index in [1.165, 1.54) is 12.8 Å². The molecule has 0 spiro atoms. The lowest BCUT2D eigenvalue weighted by Gasteiger charge is -2.07. The van der Waals surface area contributed by atoms with Gasteiger partial charge in [-0.25, -0.2) is 0 Å². The highest BCUT2D eigenvalue weighted by Crippen LogP contribution is 2.38. The lowest BCUT2D eigenvalue weighted by Crippen LogP contribution is -2.25. The van der Waals surface area contributed by atoms with Crippen LogP contribution in [0.15, 0.2) is 5.16 Å². The smallest absolute Gasteiger partial charge is 0.221 e. The van der Waals surface area contributed by atoms with E-state index in [9.17, 15) is 4.79 Å². The maximum atomic E-state index is 11.6. The number of rotatable bonds is 7. The Kier molecular flexibility index (Phi) is 3.74. The fourth-order valence-electron chi connectivity index (χ4n) is 2.01. The lowest BCUT2D eigenvalue weighted by atomic mass is 10.4. The lowest BCUT2D eigenvalue weighted by molar-refractivity contribution is -0.120. The summed E-state index contributed by atoms with van der Waals surface area (Å²) in [6.07, 6.45) is 5.17. The van der Waals surface area contributed by atoms with Crippen LogP contribution in [0.2, 0.25) is 0 Å². The average Bonchev–Trinajstić information content (AvgIpc) is 3.31. The summed E-state index contributed by atoms with van der Waals surface area (Å²) in [5.41, 5.74) is 5.67. The minimum atomic E-state index is 0.145. The van der Waals surface area contributed by atoms with Crippen molar-refractivity contribution < 1.29 is 4.79 Å². The van der Waals surface area contributed by atoms with Gasteiger partial charge in [0.25, 0.3) is 0 Å². The van der Waals surface area contributed by atoms with Crippen molar-refractivity contribution in [3.8, 4) is 0 Å². The minimum absolute atomic E-state index is 0.145. The number of hydrogen-bond acceptors (Lipinski definition) is 5. The third-order valence-corrected chi connectivity index (χ3v) is 4.28. The number of aromatic nitrogens is 3. The molecule has 1 heterocycles. The second kappa shape index (κ2) is 5.50. The minimum Gasteiger partial charge on any atom is -0.353 e. The van der Waals surface area contributed by atoms with Gasteiger partial charge in [-0.2, -0.15) is 0 Å². The Morgan fingerprint density at radius 1 is 1.37 bits per heavy atom. The molecule has 7 heteroatoms. The molecule has 2 aliphatic carbocycles. The monoisotopic (exact) mass is 281 g/mol. The van der Waals surface area contributed by atoms with Crippen molar-refractivity contribution in [2.45, 2.75) is 55.9 Å². The number of amides is 1. The fourth-order valence-corrected chi connectivity index (χ4v) is 2.97. The van der Waals surface area contributed by atoms with Gasteiger partial charge in [0.1, 0.15) is 5.82 Å². The van der Waals surface area contributed by atoms with Crippen molar-refractivity contribution in [3.05, 3.63) is 5.82 Å². The summed E-state index contributed by atoms with van der Waals surface area (Å²) in [6.45, 7) is 0.423. The van der Waals surface area contributed by atoms with Crippen LogP contribution in [0.5, 0.6) is 0 Å². The number of nitrogens with zero attached hydrogens (tertiary/aromatic N) is 3. The third kappa shape index (κ3) is 3.27. The van der Waals surface area contributed by atoms with Gasteiger partial charge in [0.05, 0.1) is 6.54 Å². The SMILES string of the molecule is NCc1nnc(SCCC(=O)NC2CC2)n1C1CC1. The summed E-state index contributed by atoms with van der Waals surface area (Å²) < 4.78 is 2.14. The molecule has 2 saturated carbocycles. The molecule has 1 aromatic rings. The molecule has 2 aliphatic rings. The van der Waals surface area contributed by atoms with Crippen molar-refractivity contribution >= 4 is 17.7 Å². The molecule has 3 rings (SSSR count). The topological polar surface area (TPSA) is 85.8 Å². The number of carbonyl (C=O) groups excluding carboxylic acids is 1. The van der Waals surface area contributed by atoms with Crippen LogP contribution in [0.1, 0.15) is 44.0 Å². The second-order valence-corrected chi connectivity index (χ2v) is 6.21. The summed E-state index contributed by atoms with van der Waals surface area (Å²) >= 11 is 1.60. The van der Waals surface area contributed by atoms with Crippen LogP contribution < -0.4 is 11.1 Å². The normalized spacial score (nSPS) is 18.6. The van der Waals surface area contributed by atoms with E-state index in [0.717, 1.165) is 29.6 Å². The van der Waals surface area contributed by atoms with Crippen molar-refractivity contribution in [2.24, 2.45) is 5.73 Å². The van der Waals surface area contributed by atoms with Crippen LogP contribution in [-0.4, -0.2) is 32.5 Å². The molecular formula is C12H19N5OS. The van der Waals surface area contributed by atoms with E-state index in [4.69, 9.17) is 5.73 Å². The highest BCUT2D eigenvalue weighted by atomic mass is 32.2. The van der Waals surface area contributed by atoms with E-state index in [1.807, 2.05) is 0 Å². The maximum absolute atomic E-state index is 11.6. The Balaban J connectivity index is 1.51. The largest absolute Gasteiger partial charge is 0.353 e. The molecule has 104 valence electrons. The molecule has 1 aromatic heterocycles. The maximum Gasteiger partial charge on any atom is 0.221 e. The fraction of sp³-hybridized carbons (Fsp3) is 0.750. The molecule has 0 radical (unpaired) electrons. The first-order valence-electron chi connectivity index (χ1n) is 6.84. The molecule has 1 amide bonds. The number of carbonyl (C=O) groups is 1. The van der Waals surface area contributed by atoms with Gasteiger partial charge in [-0.3, -0.25) is 4.79 Å². The van der Waals surface area contributed by atoms with E-state index < -0.39 is 0 Å². The summed E-state index contributed by atoms with van der Waals surface area (Å²) in [7, 11) is 0. The van der Waals surface area contributed by atoms with Gasteiger partial charge in [0.15, 0.2) is 5.16 Å². The van der Waals surface area contributed by atoms with E-state index in [1.54, 1.807) is 11.8 Å². The van der Waals surface area contributed by atoms with Crippen molar-refractivity contribution in [3.63, 3.8) is 0 Å². The van der Waals surface area contributed by atoms with Crippen LogP contribution in [0.3, 0.4) is 0 Å². The second-order valence-electron chi connectivity index (χ2n) is 5.14. The van der Waals surface area contributed by atoms with E-state index in [-0.39, 0.29) is 5.91 Å². The van der Waals surface area contributed by atoms with Crippen molar-refractivity contribution in [1.82, 2.24) is 20.1 Å². The van der Waals surface area contributed by atoms with Gasteiger partial charge in [0, 0.05) is 24.3 Å².